The van der Waals surface area contributed by atoms with E-state index in [9.17, 15) is 0 Å². The van der Waals surface area contributed by atoms with Gasteiger partial charge in [-0.15, -0.1) is 0 Å². The number of hydrogen-bond donors (Lipinski definition) is 2. The van der Waals surface area contributed by atoms with Crippen LogP contribution in [0.1, 0.15) is 45.5 Å². The van der Waals surface area contributed by atoms with Crippen LogP contribution in [0, 0.1) is 0 Å². The highest BCUT2D eigenvalue weighted by Crippen LogP contribution is 2.75. The summed E-state index contributed by atoms with van der Waals surface area (Å²) in [5, 5.41) is 12.9. The Kier molecular flexibility index (Phi) is 5.01. The van der Waals surface area contributed by atoms with Crippen LogP contribution in [0.15, 0.2) is 122 Å². The summed E-state index contributed by atoms with van der Waals surface area (Å²) < 4.78 is 0. The molecule has 198 valence electrons. The number of benzene rings is 4. The van der Waals surface area contributed by atoms with E-state index in [-0.39, 0.29) is 17.5 Å². The molecule has 9 rings (SSSR count). The maximum Gasteiger partial charge on any atom is 0.0548 e. The van der Waals surface area contributed by atoms with Crippen molar-refractivity contribution in [1.29, 1.82) is 0 Å². The summed E-state index contributed by atoms with van der Waals surface area (Å²) >= 11 is 0. The largest absolute Gasteiger partial charge is 0.306 e. The van der Waals surface area contributed by atoms with Crippen LogP contribution in [-0.2, 0) is 18.5 Å². The van der Waals surface area contributed by atoms with Gasteiger partial charge in [0.2, 0.25) is 0 Å². The minimum absolute atomic E-state index is 0.0656. The molecule has 2 unspecified atom stereocenters. The molecule has 6 aromatic rings. The number of nitrogens with zero attached hydrogens (tertiary/aromatic N) is 2. The molecule has 1 spiro atoms. The first kappa shape index (κ1) is 23.3. The summed E-state index contributed by atoms with van der Waals surface area (Å²) in [6.45, 7) is 1.47. The van der Waals surface area contributed by atoms with Crippen LogP contribution < -0.4 is 10.6 Å². The van der Waals surface area contributed by atoms with Gasteiger partial charge in [-0.25, -0.2) is 0 Å². The average molecular weight is 531 g/mol. The van der Waals surface area contributed by atoms with Crippen molar-refractivity contribution in [2.75, 3.05) is 0 Å². The quantitative estimate of drug-likeness (QED) is 0.255. The standard InChI is InChI=1S/C37H30N4/c1-3-11-25-19-38-27(17-23(25)9-1)21-40-35-33-29-13-5-7-15-31(29)37(33)32-16-8-6-14-30(32)34(37)36(35)41-22-28-18-24-10-2-4-12-26(24)20-39-28/h1-20,33-36,40-41H,21-22H2/t33?,34?,35-,36-,37?/m1/s1. The zero-order chi connectivity index (χ0) is 27.0. The van der Waals surface area contributed by atoms with E-state index in [1.165, 1.54) is 43.8 Å². The van der Waals surface area contributed by atoms with Crippen LogP contribution in [0.5, 0.6) is 0 Å². The Bertz CT molecular complexity index is 1820. The summed E-state index contributed by atoms with van der Waals surface area (Å²) in [7, 11) is 0. The fraction of sp³-hybridized carbons (Fsp3) is 0.189. The van der Waals surface area contributed by atoms with Crippen molar-refractivity contribution < 1.29 is 0 Å². The molecule has 4 heteroatoms. The molecular formula is C37H30N4. The van der Waals surface area contributed by atoms with Crippen molar-refractivity contribution >= 4 is 21.5 Å². The second-order valence-electron chi connectivity index (χ2n) is 11.9. The molecule has 2 heterocycles. The number of aromatic nitrogens is 2. The first-order valence-electron chi connectivity index (χ1n) is 14.7. The van der Waals surface area contributed by atoms with Gasteiger partial charge in [-0.1, -0.05) is 97.1 Å². The molecule has 0 aliphatic heterocycles. The smallest absolute Gasteiger partial charge is 0.0548 e. The first-order chi connectivity index (χ1) is 20.3. The van der Waals surface area contributed by atoms with Gasteiger partial charge in [-0.05, 0) is 45.2 Å². The Morgan fingerprint density at radius 3 is 1.41 bits per heavy atom. The van der Waals surface area contributed by atoms with E-state index in [0.29, 0.717) is 11.8 Å². The molecule has 41 heavy (non-hydrogen) atoms. The molecule has 0 bridgehead atoms. The lowest BCUT2D eigenvalue weighted by molar-refractivity contribution is 0.294. The number of fused-ring (bicyclic) bond motifs is 6. The van der Waals surface area contributed by atoms with Crippen LogP contribution in [0.3, 0.4) is 0 Å². The summed E-state index contributed by atoms with van der Waals surface area (Å²) in [6.07, 6.45) is 4.00. The second-order valence-corrected chi connectivity index (χ2v) is 11.9. The van der Waals surface area contributed by atoms with E-state index < -0.39 is 0 Å². The highest BCUT2D eigenvalue weighted by Gasteiger charge is 2.73. The van der Waals surface area contributed by atoms with Gasteiger partial charge >= 0.3 is 0 Å². The topological polar surface area (TPSA) is 49.8 Å². The van der Waals surface area contributed by atoms with E-state index in [1.54, 1.807) is 0 Å². The molecule has 0 amide bonds. The Labute approximate surface area is 239 Å². The minimum Gasteiger partial charge on any atom is -0.306 e. The van der Waals surface area contributed by atoms with E-state index >= 15 is 0 Å². The van der Waals surface area contributed by atoms with Gasteiger partial charge in [0.25, 0.3) is 0 Å². The van der Waals surface area contributed by atoms with Gasteiger partial charge in [0.15, 0.2) is 0 Å². The fourth-order valence-corrected chi connectivity index (χ4v) is 8.39. The van der Waals surface area contributed by atoms with Crippen molar-refractivity contribution in [3.8, 4) is 0 Å². The fourth-order valence-electron chi connectivity index (χ4n) is 8.39. The Morgan fingerprint density at radius 1 is 0.512 bits per heavy atom. The number of pyridine rings is 2. The molecule has 2 aromatic heterocycles. The van der Waals surface area contributed by atoms with E-state index in [1.807, 2.05) is 12.4 Å². The van der Waals surface area contributed by atoms with Crippen LogP contribution >= 0.6 is 0 Å². The van der Waals surface area contributed by atoms with Crippen molar-refractivity contribution in [3.05, 3.63) is 155 Å². The first-order valence-corrected chi connectivity index (χ1v) is 14.7. The Balaban J connectivity index is 1.09. The monoisotopic (exact) mass is 530 g/mol. The minimum atomic E-state index is 0.0656. The zero-order valence-corrected chi connectivity index (χ0v) is 22.7. The molecule has 2 N–H and O–H groups in total. The van der Waals surface area contributed by atoms with E-state index in [2.05, 4.69) is 120 Å². The number of rotatable bonds is 6. The SMILES string of the molecule is c1ccc2c(c1)C1[C@@H](NCc3cc4ccccc4cn3)[C@H](NCc3cc4ccccc4cn3)C3c4ccccc4C213. The van der Waals surface area contributed by atoms with E-state index in [0.717, 1.165) is 24.5 Å². The zero-order valence-electron chi connectivity index (χ0n) is 22.7. The third-order valence-corrected chi connectivity index (χ3v) is 9.98. The Hall–Kier alpha value is -4.38. The van der Waals surface area contributed by atoms with Crippen molar-refractivity contribution in [2.45, 2.75) is 42.4 Å². The lowest BCUT2D eigenvalue weighted by Crippen LogP contribution is -2.54. The molecule has 4 nitrogen and oxygen atoms in total. The van der Waals surface area contributed by atoms with Crippen LogP contribution in [0.2, 0.25) is 0 Å². The van der Waals surface area contributed by atoms with Gasteiger partial charge in [0.1, 0.15) is 0 Å². The van der Waals surface area contributed by atoms with Gasteiger partial charge < -0.3 is 10.6 Å². The van der Waals surface area contributed by atoms with Crippen molar-refractivity contribution in [1.82, 2.24) is 20.6 Å². The molecule has 4 aromatic carbocycles. The maximum atomic E-state index is 4.82. The number of nitrogens with one attached hydrogen (secondary N) is 2. The third kappa shape index (κ3) is 3.23. The Morgan fingerprint density at radius 2 is 0.927 bits per heavy atom. The summed E-state index contributed by atoms with van der Waals surface area (Å²) in [5.41, 5.74) is 8.23. The van der Waals surface area contributed by atoms with Gasteiger partial charge in [-0.2, -0.15) is 0 Å². The van der Waals surface area contributed by atoms with Crippen molar-refractivity contribution in [2.24, 2.45) is 0 Å². The van der Waals surface area contributed by atoms with Crippen LogP contribution in [0.4, 0.5) is 0 Å². The molecule has 3 aliphatic rings. The molecule has 1 fully saturated rings. The van der Waals surface area contributed by atoms with Gasteiger partial charge in [0, 0.05) is 65.6 Å². The predicted molar refractivity (Wildman–Crippen MR) is 164 cm³/mol. The maximum absolute atomic E-state index is 4.82. The van der Waals surface area contributed by atoms with Gasteiger partial charge in [0.05, 0.1) is 11.4 Å². The molecule has 0 radical (unpaired) electrons. The highest BCUT2D eigenvalue weighted by atomic mass is 15.1. The van der Waals surface area contributed by atoms with E-state index in [4.69, 9.17) is 9.97 Å². The average Bonchev–Trinajstić information content (AvgIpc) is 3.22. The molecular weight excluding hydrogens is 500 g/mol. The number of hydrogen-bond acceptors (Lipinski definition) is 4. The molecule has 1 saturated carbocycles. The normalized spacial score (nSPS) is 25.1. The lowest BCUT2D eigenvalue weighted by Gasteiger charge is -2.59. The summed E-state index contributed by atoms with van der Waals surface area (Å²) in [4.78, 5) is 9.64. The lowest BCUT2D eigenvalue weighted by atomic mass is 9.43. The molecule has 4 atom stereocenters. The summed E-state index contributed by atoms with van der Waals surface area (Å²) in [6, 6.07) is 40.2. The second kappa shape index (κ2) is 8.81. The van der Waals surface area contributed by atoms with Gasteiger partial charge in [-0.3, -0.25) is 9.97 Å². The molecule has 3 aliphatic carbocycles. The third-order valence-electron chi connectivity index (χ3n) is 9.98. The highest BCUT2D eigenvalue weighted by molar-refractivity contribution is 5.82. The van der Waals surface area contributed by atoms with Crippen LogP contribution in [0.25, 0.3) is 21.5 Å². The van der Waals surface area contributed by atoms with Crippen molar-refractivity contribution in [3.63, 3.8) is 0 Å². The summed E-state index contributed by atoms with van der Waals surface area (Å²) in [5.74, 6) is 0.835. The predicted octanol–water partition coefficient (Wildman–Crippen LogP) is 6.59. The van der Waals surface area contributed by atoms with Crippen LogP contribution in [-0.4, -0.2) is 22.1 Å². The molecule has 0 saturated heterocycles.